The van der Waals surface area contributed by atoms with Crippen molar-refractivity contribution in [2.24, 2.45) is 0 Å². The fourth-order valence-electron chi connectivity index (χ4n) is 2.82. The molecule has 2 fully saturated rings. The van der Waals surface area contributed by atoms with Gasteiger partial charge in [-0.05, 0) is 49.9 Å². The monoisotopic (exact) mass is 252 g/mol. The normalized spacial score (nSPS) is 19.5. The molecule has 0 N–H and O–H groups in total. The summed E-state index contributed by atoms with van der Waals surface area (Å²) in [5.41, 5.74) is 2.81. The lowest BCUT2D eigenvalue weighted by molar-refractivity contribution is 0.949. The summed E-state index contributed by atoms with van der Waals surface area (Å²) in [6.45, 7) is 4.96. The summed E-state index contributed by atoms with van der Waals surface area (Å²) in [5.74, 6) is 0. The molecule has 0 atom stereocenters. The molecular formula is C14H21ClN2. The minimum Gasteiger partial charge on any atom is -0.372 e. The van der Waals surface area contributed by atoms with E-state index in [0.717, 1.165) is 0 Å². The highest BCUT2D eigenvalue weighted by atomic mass is 35.5. The highest BCUT2D eigenvalue weighted by Crippen LogP contribution is 2.25. The molecular weight excluding hydrogens is 232 g/mol. The van der Waals surface area contributed by atoms with Crippen LogP contribution in [-0.4, -0.2) is 26.2 Å². The van der Waals surface area contributed by atoms with E-state index in [4.69, 9.17) is 0 Å². The maximum absolute atomic E-state index is 2.49. The van der Waals surface area contributed by atoms with Gasteiger partial charge in [-0.1, -0.05) is 0 Å². The molecule has 3 rings (SSSR count). The van der Waals surface area contributed by atoms with Gasteiger partial charge in [0.25, 0.3) is 0 Å². The smallest absolute Gasteiger partial charge is 0.0367 e. The van der Waals surface area contributed by atoms with Gasteiger partial charge >= 0.3 is 0 Å². The Morgan fingerprint density at radius 1 is 0.588 bits per heavy atom. The van der Waals surface area contributed by atoms with Crippen molar-refractivity contribution in [1.82, 2.24) is 0 Å². The number of hydrogen-bond acceptors (Lipinski definition) is 2. The molecule has 0 spiro atoms. The van der Waals surface area contributed by atoms with Crippen molar-refractivity contribution in [3.63, 3.8) is 0 Å². The molecule has 2 aliphatic rings. The predicted molar refractivity (Wildman–Crippen MR) is 76.6 cm³/mol. The number of hydrogen-bond donors (Lipinski definition) is 0. The minimum atomic E-state index is 0. The van der Waals surface area contributed by atoms with Gasteiger partial charge in [0.05, 0.1) is 0 Å². The lowest BCUT2D eigenvalue weighted by Gasteiger charge is -2.21. The third-order valence-corrected chi connectivity index (χ3v) is 3.79. The van der Waals surface area contributed by atoms with Gasteiger partial charge in [0.15, 0.2) is 0 Å². The molecule has 0 unspecified atom stereocenters. The Morgan fingerprint density at radius 3 is 1.18 bits per heavy atom. The summed E-state index contributed by atoms with van der Waals surface area (Å²) in [6.07, 6.45) is 5.42. The van der Waals surface area contributed by atoms with Crippen molar-refractivity contribution in [2.45, 2.75) is 25.7 Å². The Hall–Kier alpha value is -0.890. The van der Waals surface area contributed by atoms with E-state index < -0.39 is 0 Å². The van der Waals surface area contributed by atoms with Gasteiger partial charge in [0, 0.05) is 37.6 Å². The molecule has 0 aromatic heterocycles. The van der Waals surface area contributed by atoms with Crippen LogP contribution in [0.25, 0.3) is 0 Å². The van der Waals surface area contributed by atoms with Crippen LogP contribution in [0, 0.1) is 0 Å². The number of halogens is 1. The molecule has 0 saturated carbocycles. The van der Waals surface area contributed by atoms with Gasteiger partial charge in [-0.3, -0.25) is 0 Å². The van der Waals surface area contributed by atoms with E-state index in [9.17, 15) is 0 Å². The molecule has 2 heterocycles. The first-order valence-electron chi connectivity index (χ1n) is 6.53. The Labute approximate surface area is 110 Å². The molecule has 2 nitrogen and oxygen atoms in total. The van der Waals surface area contributed by atoms with Crippen molar-refractivity contribution in [1.29, 1.82) is 0 Å². The van der Waals surface area contributed by atoms with Gasteiger partial charge in [0.2, 0.25) is 0 Å². The second-order valence-electron chi connectivity index (χ2n) is 4.90. The van der Waals surface area contributed by atoms with Gasteiger partial charge in [-0.15, -0.1) is 12.4 Å². The fourth-order valence-corrected chi connectivity index (χ4v) is 2.82. The van der Waals surface area contributed by atoms with Crippen molar-refractivity contribution >= 4 is 23.8 Å². The zero-order chi connectivity index (χ0) is 10.8. The fraction of sp³-hybridized carbons (Fsp3) is 0.571. The van der Waals surface area contributed by atoms with Gasteiger partial charge in [-0.2, -0.15) is 0 Å². The van der Waals surface area contributed by atoms with Crippen LogP contribution in [-0.2, 0) is 0 Å². The third kappa shape index (κ3) is 2.68. The first-order valence-corrected chi connectivity index (χ1v) is 6.53. The Balaban J connectivity index is 0.00000108. The highest BCUT2D eigenvalue weighted by Gasteiger charge is 2.14. The van der Waals surface area contributed by atoms with E-state index in [1.807, 2.05) is 0 Å². The van der Waals surface area contributed by atoms with Crippen LogP contribution in [0.4, 0.5) is 11.4 Å². The third-order valence-electron chi connectivity index (χ3n) is 3.79. The second-order valence-corrected chi connectivity index (χ2v) is 4.90. The standard InChI is InChI=1S/C14H20N2.ClH/c1-2-10-15(9-1)13-5-7-14(8-6-13)16-11-3-4-12-16;/h5-8H,1-4,9-12H2;1H. The molecule has 0 radical (unpaired) electrons. The molecule has 17 heavy (non-hydrogen) atoms. The quantitative estimate of drug-likeness (QED) is 0.797. The number of nitrogens with zero attached hydrogens (tertiary/aromatic N) is 2. The summed E-state index contributed by atoms with van der Waals surface area (Å²) in [7, 11) is 0. The van der Waals surface area contributed by atoms with Crippen molar-refractivity contribution < 1.29 is 0 Å². The highest BCUT2D eigenvalue weighted by molar-refractivity contribution is 5.85. The number of anilines is 2. The van der Waals surface area contributed by atoms with Gasteiger partial charge in [-0.25, -0.2) is 0 Å². The molecule has 2 saturated heterocycles. The molecule has 0 aliphatic carbocycles. The van der Waals surface area contributed by atoms with E-state index in [0.29, 0.717) is 0 Å². The molecule has 0 bridgehead atoms. The van der Waals surface area contributed by atoms with Crippen molar-refractivity contribution in [3.8, 4) is 0 Å². The van der Waals surface area contributed by atoms with Crippen LogP contribution in [0.2, 0.25) is 0 Å². The Bertz CT molecular complexity index is 303. The zero-order valence-electron chi connectivity index (χ0n) is 10.3. The van der Waals surface area contributed by atoms with Crippen LogP contribution in [0.15, 0.2) is 24.3 Å². The van der Waals surface area contributed by atoms with E-state index in [1.165, 1.54) is 63.2 Å². The lowest BCUT2D eigenvalue weighted by atomic mass is 10.2. The van der Waals surface area contributed by atoms with E-state index >= 15 is 0 Å². The first-order chi connectivity index (χ1) is 7.93. The zero-order valence-corrected chi connectivity index (χ0v) is 11.1. The summed E-state index contributed by atoms with van der Waals surface area (Å²) in [5, 5.41) is 0. The number of rotatable bonds is 2. The largest absolute Gasteiger partial charge is 0.372 e. The van der Waals surface area contributed by atoms with E-state index in [1.54, 1.807) is 0 Å². The topological polar surface area (TPSA) is 6.48 Å². The molecule has 1 aromatic carbocycles. The Morgan fingerprint density at radius 2 is 0.882 bits per heavy atom. The first kappa shape index (κ1) is 12.6. The van der Waals surface area contributed by atoms with Crippen LogP contribution in [0.1, 0.15) is 25.7 Å². The maximum atomic E-state index is 2.49. The van der Waals surface area contributed by atoms with Gasteiger partial charge < -0.3 is 9.80 Å². The minimum absolute atomic E-state index is 0. The average molecular weight is 253 g/mol. The SMILES string of the molecule is Cl.c1cc(N2CCCC2)ccc1N1CCCC1. The molecule has 3 heteroatoms. The second kappa shape index (κ2) is 5.63. The van der Waals surface area contributed by atoms with E-state index in [2.05, 4.69) is 34.1 Å². The average Bonchev–Trinajstić information content (AvgIpc) is 3.03. The van der Waals surface area contributed by atoms with E-state index in [-0.39, 0.29) is 12.4 Å². The summed E-state index contributed by atoms with van der Waals surface area (Å²) in [6, 6.07) is 9.16. The van der Waals surface area contributed by atoms with Crippen LogP contribution in [0.3, 0.4) is 0 Å². The van der Waals surface area contributed by atoms with Crippen LogP contribution >= 0.6 is 12.4 Å². The van der Waals surface area contributed by atoms with Crippen molar-refractivity contribution in [3.05, 3.63) is 24.3 Å². The molecule has 2 aliphatic heterocycles. The lowest BCUT2D eigenvalue weighted by Crippen LogP contribution is -2.19. The summed E-state index contributed by atoms with van der Waals surface area (Å²) in [4.78, 5) is 4.99. The molecule has 0 amide bonds. The predicted octanol–water partition coefficient (Wildman–Crippen LogP) is 3.31. The molecule has 1 aromatic rings. The van der Waals surface area contributed by atoms with Crippen LogP contribution in [0.5, 0.6) is 0 Å². The maximum Gasteiger partial charge on any atom is 0.0367 e. The van der Waals surface area contributed by atoms with Crippen molar-refractivity contribution in [2.75, 3.05) is 36.0 Å². The Kier molecular flexibility index (Phi) is 4.16. The summed E-state index contributed by atoms with van der Waals surface area (Å²) >= 11 is 0. The summed E-state index contributed by atoms with van der Waals surface area (Å²) < 4.78 is 0. The number of benzene rings is 1. The van der Waals surface area contributed by atoms with Crippen LogP contribution < -0.4 is 9.80 Å². The molecule has 94 valence electrons. The van der Waals surface area contributed by atoms with Gasteiger partial charge in [0.1, 0.15) is 0 Å².